The van der Waals surface area contributed by atoms with Gasteiger partial charge < -0.3 is 0 Å². The van der Waals surface area contributed by atoms with Gasteiger partial charge in [0.2, 0.25) is 0 Å². The summed E-state index contributed by atoms with van der Waals surface area (Å²) in [4.78, 5) is 0. The minimum absolute atomic E-state index is 0.178. The van der Waals surface area contributed by atoms with E-state index in [2.05, 4.69) is 32.2 Å². The van der Waals surface area contributed by atoms with Crippen LogP contribution in [0.5, 0.6) is 0 Å². The fraction of sp³-hybridized carbons (Fsp3) is 0.286. The summed E-state index contributed by atoms with van der Waals surface area (Å²) in [6, 6.07) is 10.1. The molecular weight excluding hydrogens is 168 g/mol. The van der Waals surface area contributed by atoms with Crippen LogP contribution in [0.1, 0.15) is 26.3 Å². The van der Waals surface area contributed by atoms with E-state index in [9.17, 15) is 0 Å². The molecule has 14 heavy (non-hydrogen) atoms. The van der Waals surface area contributed by atoms with Gasteiger partial charge in [-0.3, -0.25) is 0 Å². The van der Waals surface area contributed by atoms with Gasteiger partial charge >= 0.3 is 0 Å². The maximum atomic E-state index is 3.04. The van der Waals surface area contributed by atoms with Crippen molar-refractivity contribution in [2.24, 2.45) is 5.41 Å². The molecule has 1 aromatic rings. The van der Waals surface area contributed by atoms with Crippen LogP contribution >= 0.6 is 0 Å². The number of hydrogen-bond acceptors (Lipinski definition) is 0. The Bertz CT molecular complexity index is 364. The summed E-state index contributed by atoms with van der Waals surface area (Å²) in [7, 11) is 0. The molecule has 0 amide bonds. The molecule has 0 fully saturated rings. The highest BCUT2D eigenvalue weighted by molar-refractivity contribution is 5.47. The Labute approximate surface area is 86.3 Å². The van der Waals surface area contributed by atoms with Crippen molar-refractivity contribution in [2.45, 2.75) is 20.8 Å². The van der Waals surface area contributed by atoms with Crippen LogP contribution in [0.2, 0.25) is 0 Å². The average molecular weight is 184 g/mol. The Morgan fingerprint density at radius 2 is 1.64 bits per heavy atom. The van der Waals surface area contributed by atoms with Gasteiger partial charge in [0, 0.05) is 0 Å². The highest BCUT2D eigenvalue weighted by Crippen LogP contribution is 2.13. The Kier molecular flexibility index (Phi) is 3.54. The molecule has 0 bridgehead atoms. The van der Waals surface area contributed by atoms with E-state index in [-0.39, 0.29) is 5.41 Å². The first-order valence-electron chi connectivity index (χ1n) is 4.82. The van der Waals surface area contributed by atoms with Crippen molar-refractivity contribution in [1.82, 2.24) is 0 Å². The highest BCUT2D eigenvalue weighted by Gasteiger charge is 2.01. The van der Waals surface area contributed by atoms with Gasteiger partial charge in [0.1, 0.15) is 0 Å². The summed E-state index contributed by atoms with van der Waals surface area (Å²) >= 11 is 0. The van der Waals surface area contributed by atoms with Crippen LogP contribution in [0.25, 0.3) is 6.08 Å². The van der Waals surface area contributed by atoms with E-state index in [1.807, 2.05) is 42.5 Å². The SMILES string of the molecule is CC(C)(C)C=C=C=Cc1ccccc1. The van der Waals surface area contributed by atoms with Crippen LogP contribution in [0, 0.1) is 5.41 Å². The van der Waals surface area contributed by atoms with Crippen molar-refractivity contribution in [3.63, 3.8) is 0 Å². The summed E-state index contributed by atoms with van der Waals surface area (Å²) in [5.74, 6) is 0. The van der Waals surface area contributed by atoms with Crippen molar-refractivity contribution < 1.29 is 0 Å². The molecule has 1 aromatic carbocycles. The summed E-state index contributed by atoms with van der Waals surface area (Å²) in [5.41, 5.74) is 7.40. The molecular formula is C14H16. The number of benzene rings is 1. The number of rotatable bonds is 1. The third kappa shape index (κ3) is 4.52. The maximum absolute atomic E-state index is 3.04. The van der Waals surface area contributed by atoms with Crippen LogP contribution in [-0.2, 0) is 0 Å². The second-order valence-corrected chi connectivity index (χ2v) is 4.35. The van der Waals surface area contributed by atoms with Gasteiger partial charge in [-0.2, -0.15) is 0 Å². The highest BCUT2D eigenvalue weighted by atomic mass is 14.1. The molecule has 0 aliphatic rings. The Balaban J connectivity index is 2.79. The molecule has 0 N–H and O–H groups in total. The van der Waals surface area contributed by atoms with Crippen LogP contribution in [-0.4, -0.2) is 0 Å². The van der Waals surface area contributed by atoms with Gasteiger partial charge in [-0.05, 0) is 23.1 Å². The van der Waals surface area contributed by atoms with E-state index in [1.165, 1.54) is 0 Å². The van der Waals surface area contributed by atoms with E-state index in [0.717, 1.165) is 5.56 Å². The molecule has 0 aliphatic carbocycles. The molecule has 0 atom stereocenters. The van der Waals surface area contributed by atoms with Gasteiger partial charge in [-0.15, -0.1) is 0 Å². The molecule has 0 saturated heterocycles. The smallest absolute Gasteiger partial charge is 0.00428 e. The molecule has 1 rings (SSSR count). The third-order valence-corrected chi connectivity index (χ3v) is 1.63. The molecule has 72 valence electrons. The van der Waals surface area contributed by atoms with Gasteiger partial charge in [0.15, 0.2) is 0 Å². The average Bonchev–Trinajstić information content (AvgIpc) is 2.13. The second-order valence-electron chi connectivity index (χ2n) is 4.35. The van der Waals surface area contributed by atoms with Crippen LogP contribution < -0.4 is 0 Å². The minimum Gasteiger partial charge on any atom is -0.0741 e. The lowest BCUT2D eigenvalue weighted by atomic mass is 9.97. The summed E-state index contributed by atoms with van der Waals surface area (Å²) in [6.07, 6.45) is 3.95. The normalized spacial score (nSPS) is 9.93. The van der Waals surface area contributed by atoms with E-state index in [0.29, 0.717) is 0 Å². The van der Waals surface area contributed by atoms with Gasteiger partial charge in [-0.1, -0.05) is 62.6 Å². The maximum Gasteiger partial charge on any atom is -0.00428 e. The largest absolute Gasteiger partial charge is 0.0741 e. The standard InChI is InChI=1S/C14H16/c1-14(2,3)12-8-7-11-13-9-5-4-6-10-13/h4-6,9-12H,1-3H3. The first-order chi connectivity index (χ1) is 6.58. The molecule has 0 nitrogen and oxygen atoms in total. The van der Waals surface area contributed by atoms with Crippen LogP contribution in [0.3, 0.4) is 0 Å². The van der Waals surface area contributed by atoms with Gasteiger partial charge in [0.25, 0.3) is 0 Å². The van der Waals surface area contributed by atoms with Crippen molar-refractivity contribution in [1.29, 1.82) is 0 Å². The summed E-state index contributed by atoms with van der Waals surface area (Å²) in [5, 5.41) is 0. The molecule has 0 heteroatoms. The molecule has 0 saturated carbocycles. The molecule has 0 aliphatic heterocycles. The second kappa shape index (κ2) is 4.67. The van der Waals surface area contributed by atoms with E-state index >= 15 is 0 Å². The Morgan fingerprint density at radius 3 is 2.21 bits per heavy atom. The lowest BCUT2D eigenvalue weighted by molar-refractivity contribution is 0.545. The Hall–Kier alpha value is -1.48. The van der Waals surface area contributed by atoms with E-state index in [1.54, 1.807) is 0 Å². The van der Waals surface area contributed by atoms with E-state index < -0.39 is 0 Å². The number of allylic oxidation sites excluding steroid dienone is 1. The zero-order chi connectivity index (χ0) is 10.4. The van der Waals surface area contributed by atoms with Gasteiger partial charge in [0.05, 0.1) is 0 Å². The lowest BCUT2D eigenvalue weighted by Crippen LogP contribution is -1.96. The summed E-state index contributed by atoms with van der Waals surface area (Å²) < 4.78 is 0. The lowest BCUT2D eigenvalue weighted by Gasteiger charge is -2.07. The minimum atomic E-state index is 0.178. The molecule has 0 spiro atoms. The molecule has 0 heterocycles. The van der Waals surface area contributed by atoms with Crippen molar-refractivity contribution in [3.8, 4) is 0 Å². The van der Waals surface area contributed by atoms with Crippen molar-refractivity contribution >= 4 is 6.08 Å². The van der Waals surface area contributed by atoms with Crippen molar-refractivity contribution in [3.05, 3.63) is 53.4 Å². The fourth-order valence-corrected chi connectivity index (χ4v) is 0.932. The topological polar surface area (TPSA) is 0 Å². The first-order valence-corrected chi connectivity index (χ1v) is 4.82. The zero-order valence-electron chi connectivity index (χ0n) is 9.04. The predicted molar refractivity (Wildman–Crippen MR) is 62.0 cm³/mol. The zero-order valence-corrected chi connectivity index (χ0v) is 9.04. The first kappa shape index (κ1) is 10.6. The van der Waals surface area contributed by atoms with Crippen LogP contribution in [0.15, 0.2) is 47.9 Å². The quantitative estimate of drug-likeness (QED) is 0.577. The van der Waals surface area contributed by atoms with E-state index in [4.69, 9.17) is 0 Å². The number of hydrogen-bond donors (Lipinski definition) is 0. The van der Waals surface area contributed by atoms with Gasteiger partial charge in [-0.25, -0.2) is 0 Å². The molecule has 0 unspecified atom stereocenters. The monoisotopic (exact) mass is 184 g/mol. The van der Waals surface area contributed by atoms with Crippen molar-refractivity contribution in [2.75, 3.05) is 0 Å². The third-order valence-electron chi connectivity index (χ3n) is 1.63. The Morgan fingerprint density at radius 1 is 1.00 bits per heavy atom. The molecule has 0 radical (unpaired) electrons. The van der Waals surface area contributed by atoms with Crippen LogP contribution in [0.4, 0.5) is 0 Å². The fourth-order valence-electron chi connectivity index (χ4n) is 0.932. The summed E-state index contributed by atoms with van der Waals surface area (Å²) in [6.45, 7) is 6.43. The molecule has 0 aromatic heterocycles. The predicted octanol–water partition coefficient (Wildman–Crippen LogP) is 4.06.